The number of para-hydroxylation sites is 2. The number of hydrogen-bond acceptors (Lipinski definition) is 4. The van der Waals surface area contributed by atoms with E-state index in [9.17, 15) is 4.79 Å². The largest absolute Gasteiger partial charge is 0.484 e. The molecule has 6 heteroatoms. The molecule has 0 saturated heterocycles. The minimum Gasteiger partial charge on any atom is -0.484 e. The fourth-order valence-electron chi connectivity index (χ4n) is 1.16. The van der Waals surface area contributed by atoms with Gasteiger partial charge in [0.25, 0.3) is 0 Å². The number of hydrogen-bond donors (Lipinski definition) is 2. The normalized spacial score (nSPS) is 9.71. The molecule has 0 aliphatic rings. The van der Waals surface area contributed by atoms with Gasteiger partial charge in [-0.25, -0.2) is 0 Å². The summed E-state index contributed by atoms with van der Waals surface area (Å²) in [5, 5.41) is 2.66. The molecular weight excluding hydrogens is 240 g/mol. The summed E-state index contributed by atoms with van der Waals surface area (Å²) in [5.74, 6) is 0.267. The molecule has 0 unspecified atom stereocenters. The fraction of sp³-hybridized carbons (Fsp3) is 0.273. The van der Waals surface area contributed by atoms with Crippen molar-refractivity contribution in [2.45, 2.75) is 0 Å². The van der Waals surface area contributed by atoms with Gasteiger partial charge < -0.3 is 20.5 Å². The number of thiocarbonyl (C=S) groups is 1. The van der Waals surface area contributed by atoms with E-state index in [-0.39, 0.29) is 24.1 Å². The van der Waals surface area contributed by atoms with Gasteiger partial charge in [0, 0.05) is 7.11 Å². The molecule has 0 radical (unpaired) electrons. The summed E-state index contributed by atoms with van der Waals surface area (Å²) in [5.41, 5.74) is 5.90. The molecule has 1 aromatic rings. The molecule has 0 heterocycles. The predicted octanol–water partition coefficient (Wildman–Crippen LogP) is 0.936. The predicted molar refractivity (Wildman–Crippen MR) is 69.2 cm³/mol. The number of carbonyl (C=O) groups excluding carboxylic acids is 1. The Labute approximate surface area is 105 Å². The first-order valence-corrected chi connectivity index (χ1v) is 5.33. The topological polar surface area (TPSA) is 73.6 Å². The van der Waals surface area contributed by atoms with E-state index in [0.29, 0.717) is 11.4 Å². The zero-order valence-electron chi connectivity index (χ0n) is 9.43. The van der Waals surface area contributed by atoms with Gasteiger partial charge in [0.05, 0.1) is 5.69 Å². The number of amides is 1. The second kappa shape index (κ2) is 6.82. The maximum atomic E-state index is 11.4. The number of rotatable bonds is 6. The van der Waals surface area contributed by atoms with Crippen LogP contribution >= 0.6 is 12.2 Å². The number of carbonyl (C=O) groups is 1. The highest BCUT2D eigenvalue weighted by Gasteiger charge is 2.07. The Morgan fingerprint density at radius 2 is 2.12 bits per heavy atom. The lowest BCUT2D eigenvalue weighted by atomic mass is 10.3. The lowest BCUT2D eigenvalue weighted by molar-refractivity contribution is -0.119. The zero-order chi connectivity index (χ0) is 12.7. The zero-order valence-corrected chi connectivity index (χ0v) is 10.3. The first kappa shape index (κ1) is 13.4. The molecule has 3 N–H and O–H groups in total. The van der Waals surface area contributed by atoms with E-state index in [1.807, 2.05) is 0 Å². The summed E-state index contributed by atoms with van der Waals surface area (Å²) < 4.78 is 10.1. The summed E-state index contributed by atoms with van der Waals surface area (Å²) in [7, 11) is 1.45. The van der Waals surface area contributed by atoms with Gasteiger partial charge in [0.2, 0.25) is 5.91 Å². The van der Waals surface area contributed by atoms with Crippen LogP contribution in [0.2, 0.25) is 0 Å². The third kappa shape index (κ3) is 4.80. The van der Waals surface area contributed by atoms with E-state index in [1.54, 1.807) is 24.3 Å². The van der Waals surface area contributed by atoms with E-state index >= 15 is 0 Å². The molecule has 0 fully saturated rings. The molecular formula is C11H14N2O3S. The van der Waals surface area contributed by atoms with Crippen LogP contribution in [0.5, 0.6) is 5.75 Å². The first-order valence-electron chi connectivity index (χ1n) is 4.92. The third-order valence-corrected chi connectivity index (χ3v) is 1.92. The Kier molecular flexibility index (Phi) is 5.38. The van der Waals surface area contributed by atoms with Crippen molar-refractivity contribution < 1.29 is 14.3 Å². The van der Waals surface area contributed by atoms with E-state index in [0.717, 1.165) is 0 Å². The highest BCUT2D eigenvalue weighted by Crippen LogP contribution is 2.23. The van der Waals surface area contributed by atoms with Gasteiger partial charge in [-0.05, 0) is 12.1 Å². The van der Waals surface area contributed by atoms with Crippen molar-refractivity contribution in [2.75, 3.05) is 25.6 Å². The molecule has 92 valence electrons. The highest BCUT2D eigenvalue weighted by atomic mass is 32.1. The Hall–Kier alpha value is -1.66. The third-order valence-electron chi connectivity index (χ3n) is 1.81. The molecule has 0 atom stereocenters. The van der Waals surface area contributed by atoms with Crippen molar-refractivity contribution in [2.24, 2.45) is 5.73 Å². The molecule has 0 spiro atoms. The second-order valence-electron chi connectivity index (χ2n) is 3.23. The minimum atomic E-state index is -0.251. The monoisotopic (exact) mass is 254 g/mol. The van der Waals surface area contributed by atoms with Gasteiger partial charge in [0.1, 0.15) is 24.0 Å². The lowest BCUT2D eigenvalue weighted by Crippen LogP contribution is -2.20. The first-order chi connectivity index (χ1) is 8.13. The van der Waals surface area contributed by atoms with E-state index in [4.69, 9.17) is 27.4 Å². The van der Waals surface area contributed by atoms with Gasteiger partial charge in [-0.1, -0.05) is 24.4 Å². The molecule has 17 heavy (non-hydrogen) atoms. The van der Waals surface area contributed by atoms with Crippen LogP contribution in [0.25, 0.3) is 0 Å². The summed E-state index contributed by atoms with van der Waals surface area (Å²) in [6.45, 7) is 0.121. The molecule has 0 aliphatic carbocycles. The molecule has 1 amide bonds. The average Bonchev–Trinajstić information content (AvgIpc) is 2.28. The lowest BCUT2D eigenvalue weighted by Gasteiger charge is -2.11. The minimum absolute atomic E-state index is 0.0103. The summed E-state index contributed by atoms with van der Waals surface area (Å²) in [6.07, 6.45) is 0. The molecule has 0 aliphatic heterocycles. The van der Waals surface area contributed by atoms with Crippen LogP contribution in [0.4, 0.5) is 5.69 Å². The van der Waals surface area contributed by atoms with E-state index in [1.165, 1.54) is 7.11 Å². The van der Waals surface area contributed by atoms with Crippen LogP contribution in [0.3, 0.4) is 0 Å². The molecule has 1 rings (SSSR count). The van der Waals surface area contributed by atoms with E-state index < -0.39 is 0 Å². The molecule has 1 aromatic carbocycles. The van der Waals surface area contributed by atoms with Gasteiger partial charge >= 0.3 is 0 Å². The van der Waals surface area contributed by atoms with Crippen molar-refractivity contribution in [1.82, 2.24) is 0 Å². The highest BCUT2D eigenvalue weighted by molar-refractivity contribution is 7.80. The quantitative estimate of drug-likeness (QED) is 0.739. The molecule has 0 aromatic heterocycles. The number of methoxy groups -OCH3 is 1. The van der Waals surface area contributed by atoms with Crippen molar-refractivity contribution >= 4 is 28.8 Å². The van der Waals surface area contributed by atoms with Crippen molar-refractivity contribution in [3.05, 3.63) is 24.3 Å². The molecule has 0 bridgehead atoms. The van der Waals surface area contributed by atoms with Crippen LogP contribution in [-0.4, -0.2) is 31.2 Å². The summed E-state index contributed by atoms with van der Waals surface area (Å²) in [4.78, 5) is 11.6. The SMILES string of the molecule is COCC(=O)Nc1ccccc1OCC(N)=S. The van der Waals surface area contributed by atoms with Crippen LogP contribution in [-0.2, 0) is 9.53 Å². The fourth-order valence-corrected chi connectivity index (χ4v) is 1.22. The van der Waals surface area contributed by atoms with Crippen molar-refractivity contribution in [3.63, 3.8) is 0 Å². The Morgan fingerprint density at radius 3 is 2.76 bits per heavy atom. The summed E-state index contributed by atoms with van der Waals surface area (Å²) >= 11 is 4.71. The van der Waals surface area contributed by atoms with Crippen molar-refractivity contribution in [1.29, 1.82) is 0 Å². The Balaban J connectivity index is 2.70. The molecule has 0 saturated carbocycles. The number of nitrogens with one attached hydrogen (secondary N) is 1. The van der Waals surface area contributed by atoms with Crippen LogP contribution in [0, 0.1) is 0 Å². The molecule has 5 nitrogen and oxygen atoms in total. The Bertz CT molecular complexity index is 409. The number of nitrogens with two attached hydrogens (primary N) is 1. The van der Waals surface area contributed by atoms with Gasteiger partial charge in [-0.15, -0.1) is 0 Å². The van der Waals surface area contributed by atoms with Crippen LogP contribution in [0.1, 0.15) is 0 Å². The maximum Gasteiger partial charge on any atom is 0.250 e. The number of anilines is 1. The standard InChI is InChI=1S/C11H14N2O3S/c1-15-7-11(14)13-8-4-2-3-5-9(8)16-6-10(12)17/h2-5H,6-7H2,1H3,(H2,12,17)(H,13,14). The van der Waals surface area contributed by atoms with E-state index in [2.05, 4.69) is 5.32 Å². The second-order valence-corrected chi connectivity index (χ2v) is 3.76. The maximum absolute atomic E-state index is 11.4. The van der Waals surface area contributed by atoms with Crippen molar-refractivity contribution in [3.8, 4) is 5.75 Å². The Morgan fingerprint density at radius 1 is 1.41 bits per heavy atom. The van der Waals surface area contributed by atoms with Crippen LogP contribution in [0.15, 0.2) is 24.3 Å². The smallest absolute Gasteiger partial charge is 0.250 e. The van der Waals surface area contributed by atoms with Gasteiger partial charge in [0.15, 0.2) is 0 Å². The van der Waals surface area contributed by atoms with Crippen LogP contribution < -0.4 is 15.8 Å². The average molecular weight is 254 g/mol. The number of ether oxygens (including phenoxy) is 2. The van der Waals surface area contributed by atoms with Gasteiger partial charge in [-0.3, -0.25) is 4.79 Å². The number of benzene rings is 1. The van der Waals surface area contributed by atoms with Gasteiger partial charge in [-0.2, -0.15) is 0 Å². The summed E-state index contributed by atoms with van der Waals surface area (Å²) in [6, 6.07) is 7.03.